The van der Waals surface area contributed by atoms with Crippen molar-refractivity contribution in [2.75, 3.05) is 6.54 Å². The van der Waals surface area contributed by atoms with E-state index < -0.39 is 5.91 Å². The molecule has 0 bridgehead atoms. The number of carbonyl (C=O) groups excluding carboxylic acids is 1. The number of para-hydroxylation sites is 1. The highest BCUT2D eigenvalue weighted by atomic mass is 16.1. The van der Waals surface area contributed by atoms with Crippen LogP contribution in [0.1, 0.15) is 5.56 Å². The molecule has 0 aliphatic rings. The third-order valence-electron chi connectivity index (χ3n) is 3.88. The molecule has 1 aromatic heterocycles. The van der Waals surface area contributed by atoms with Gasteiger partial charge in [0, 0.05) is 23.9 Å². The Labute approximate surface area is 157 Å². The van der Waals surface area contributed by atoms with Gasteiger partial charge in [-0.1, -0.05) is 54.6 Å². The van der Waals surface area contributed by atoms with E-state index in [1.165, 1.54) is 0 Å². The largest absolute Gasteiger partial charge is 0.348 e. The second-order valence-electron chi connectivity index (χ2n) is 5.75. The molecular formula is C22H18N4O. The van der Waals surface area contributed by atoms with Crippen molar-refractivity contribution in [3.63, 3.8) is 0 Å². The quantitative estimate of drug-likeness (QED) is 0.416. The van der Waals surface area contributed by atoms with Gasteiger partial charge in [0.1, 0.15) is 11.6 Å². The molecule has 1 heterocycles. The van der Waals surface area contributed by atoms with Crippen LogP contribution in [-0.4, -0.2) is 22.2 Å². The van der Waals surface area contributed by atoms with Gasteiger partial charge in [0.2, 0.25) is 0 Å². The van der Waals surface area contributed by atoms with Crippen LogP contribution >= 0.6 is 0 Å². The number of carbonyl (C=O) groups is 1. The van der Waals surface area contributed by atoms with Crippen LogP contribution in [0.2, 0.25) is 0 Å². The van der Waals surface area contributed by atoms with Crippen molar-refractivity contribution in [3.8, 4) is 23.0 Å². The Kier molecular flexibility index (Phi) is 5.60. The van der Waals surface area contributed by atoms with E-state index in [0.717, 1.165) is 11.3 Å². The van der Waals surface area contributed by atoms with E-state index in [-0.39, 0.29) is 5.57 Å². The fraction of sp³-hybridized carbons (Fsp3) is 0.0455. The standard InChI is InChI=1S/C22H18N4O/c1-2-13-24-22(27)18(15-23)14-19-16-26(20-11-7-4-8-12-20)25-21(19)17-9-5-3-6-10-17/h2-12,14,16H,1,13H2,(H,24,27). The summed E-state index contributed by atoms with van der Waals surface area (Å²) in [7, 11) is 0. The third kappa shape index (κ3) is 4.20. The normalized spacial score (nSPS) is 10.9. The van der Waals surface area contributed by atoms with E-state index in [0.29, 0.717) is 17.8 Å². The summed E-state index contributed by atoms with van der Waals surface area (Å²) in [5.74, 6) is -0.441. The van der Waals surface area contributed by atoms with Crippen LogP contribution in [0.15, 0.2) is 85.1 Å². The van der Waals surface area contributed by atoms with E-state index in [1.807, 2.05) is 72.9 Å². The fourth-order valence-electron chi connectivity index (χ4n) is 2.59. The first-order valence-electron chi connectivity index (χ1n) is 8.44. The van der Waals surface area contributed by atoms with Crippen molar-refractivity contribution in [1.29, 1.82) is 5.26 Å². The lowest BCUT2D eigenvalue weighted by Crippen LogP contribution is -2.24. The van der Waals surface area contributed by atoms with Crippen LogP contribution < -0.4 is 5.32 Å². The lowest BCUT2D eigenvalue weighted by Gasteiger charge is -2.01. The molecule has 0 fully saturated rings. The monoisotopic (exact) mass is 354 g/mol. The zero-order chi connectivity index (χ0) is 19.1. The molecule has 0 atom stereocenters. The van der Waals surface area contributed by atoms with Crippen molar-refractivity contribution >= 4 is 12.0 Å². The van der Waals surface area contributed by atoms with E-state index in [9.17, 15) is 10.1 Å². The van der Waals surface area contributed by atoms with Gasteiger partial charge in [-0.25, -0.2) is 4.68 Å². The van der Waals surface area contributed by atoms with Crippen molar-refractivity contribution in [2.24, 2.45) is 0 Å². The maximum Gasteiger partial charge on any atom is 0.262 e. The highest BCUT2D eigenvalue weighted by molar-refractivity contribution is 6.02. The smallest absolute Gasteiger partial charge is 0.262 e. The Morgan fingerprint density at radius 3 is 2.44 bits per heavy atom. The summed E-state index contributed by atoms with van der Waals surface area (Å²) in [6.45, 7) is 3.86. The minimum atomic E-state index is -0.441. The van der Waals surface area contributed by atoms with Crippen LogP contribution in [-0.2, 0) is 4.79 Å². The third-order valence-corrected chi connectivity index (χ3v) is 3.88. The van der Waals surface area contributed by atoms with Gasteiger partial charge in [0.15, 0.2) is 0 Å². The summed E-state index contributed by atoms with van der Waals surface area (Å²) >= 11 is 0. The molecule has 0 saturated carbocycles. The minimum Gasteiger partial charge on any atom is -0.348 e. The average molecular weight is 354 g/mol. The van der Waals surface area contributed by atoms with Crippen molar-refractivity contribution in [3.05, 3.63) is 90.7 Å². The Balaban J connectivity index is 2.09. The molecule has 0 aliphatic carbocycles. The predicted octanol–water partition coefficient (Wildman–Crippen LogP) is 3.75. The molecule has 1 amide bonds. The number of hydrogen-bond acceptors (Lipinski definition) is 3. The van der Waals surface area contributed by atoms with E-state index in [2.05, 4.69) is 17.0 Å². The highest BCUT2D eigenvalue weighted by Gasteiger charge is 2.14. The van der Waals surface area contributed by atoms with Crippen LogP contribution in [0.25, 0.3) is 23.0 Å². The molecule has 2 aromatic carbocycles. The maximum absolute atomic E-state index is 12.2. The summed E-state index contributed by atoms with van der Waals surface area (Å²) in [4.78, 5) is 12.2. The van der Waals surface area contributed by atoms with Crippen LogP contribution in [0.5, 0.6) is 0 Å². The molecule has 0 aliphatic heterocycles. The van der Waals surface area contributed by atoms with Gasteiger partial charge in [-0.15, -0.1) is 6.58 Å². The fourth-order valence-corrected chi connectivity index (χ4v) is 2.59. The van der Waals surface area contributed by atoms with Gasteiger partial charge in [0.05, 0.1) is 11.4 Å². The molecule has 0 saturated heterocycles. The lowest BCUT2D eigenvalue weighted by molar-refractivity contribution is -0.116. The first-order chi connectivity index (χ1) is 13.2. The minimum absolute atomic E-state index is 0.0154. The lowest BCUT2D eigenvalue weighted by atomic mass is 10.1. The molecule has 5 heteroatoms. The molecule has 1 N–H and O–H groups in total. The van der Waals surface area contributed by atoms with Crippen LogP contribution in [0.3, 0.4) is 0 Å². The number of benzene rings is 2. The number of aromatic nitrogens is 2. The van der Waals surface area contributed by atoms with Crippen molar-refractivity contribution < 1.29 is 4.79 Å². The molecule has 3 aromatic rings. The van der Waals surface area contributed by atoms with E-state index in [4.69, 9.17) is 0 Å². The predicted molar refractivity (Wildman–Crippen MR) is 106 cm³/mol. The molecule has 5 nitrogen and oxygen atoms in total. The zero-order valence-corrected chi connectivity index (χ0v) is 14.7. The van der Waals surface area contributed by atoms with Crippen LogP contribution in [0, 0.1) is 11.3 Å². The van der Waals surface area contributed by atoms with Crippen LogP contribution in [0.4, 0.5) is 0 Å². The van der Waals surface area contributed by atoms with Gasteiger partial charge < -0.3 is 5.32 Å². The average Bonchev–Trinajstić information content (AvgIpc) is 3.15. The summed E-state index contributed by atoms with van der Waals surface area (Å²) in [5, 5.41) is 16.7. The SMILES string of the molecule is C=CCNC(=O)C(C#N)=Cc1cn(-c2ccccc2)nc1-c1ccccc1. The number of hydrogen-bond donors (Lipinski definition) is 1. The second-order valence-corrected chi connectivity index (χ2v) is 5.75. The number of nitriles is 1. The van der Waals surface area contributed by atoms with Gasteiger partial charge >= 0.3 is 0 Å². The second kappa shape index (κ2) is 8.45. The van der Waals surface area contributed by atoms with Crippen molar-refractivity contribution in [2.45, 2.75) is 0 Å². The molecule has 0 spiro atoms. The summed E-state index contributed by atoms with van der Waals surface area (Å²) in [6.07, 6.45) is 4.94. The number of amides is 1. The summed E-state index contributed by atoms with van der Waals surface area (Å²) < 4.78 is 1.74. The van der Waals surface area contributed by atoms with Gasteiger partial charge in [-0.2, -0.15) is 10.4 Å². The Hall–Kier alpha value is -3.91. The number of nitrogens with zero attached hydrogens (tertiary/aromatic N) is 3. The Morgan fingerprint density at radius 2 is 1.81 bits per heavy atom. The van der Waals surface area contributed by atoms with Crippen molar-refractivity contribution in [1.82, 2.24) is 15.1 Å². The van der Waals surface area contributed by atoms with Gasteiger partial charge in [-0.05, 0) is 18.2 Å². The topological polar surface area (TPSA) is 70.7 Å². The highest BCUT2D eigenvalue weighted by Crippen LogP contribution is 2.25. The van der Waals surface area contributed by atoms with Gasteiger partial charge in [-0.3, -0.25) is 4.79 Å². The Bertz CT molecular complexity index is 1010. The Morgan fingerprint density at radius 1 is 1.15 bits per heavy atom. The number of nitrogens with one attached hydrogen (secondary N) is 1. The first kappa shape index (κ1) is 17.9. The summed E-state index contributed by atoms with van der Waals surface area (Å²) in [6, 6.07) is 21.3. The number of rotatable bonds is 6. The molecule has 132 valence electrons. The molecule has 0 unspecified atom stereocenters. The first-order valence-corrected chi connectivity index (χ1v) is 8.44. The van der Waals surface area contributed by atoms with Gasteiger partial charge in [0.25, 0.3) is 5.91 Å². The molecule has 27 heavy (non-hydrogen) atoms. The molecule has 3 rings (SSSR count). The maximum atomic E-state index is 12.2. The summed E-state index contributed by atoms with van der Waals surface area (Å²) in [5.41, 5.74) is 3.20. The molecule has 0 radical (unpaired) electrons. The zero-order valence-electron chi connectivity index (χ0n) is 14.7. The van der Waals surface area contributed by atoms with E-state index >= 15 is 0 Å². The molecular weight excluding hydrogens is 336 g/mol. The van der Waals surface area contributed by atoms with E-state index in [1.54, 1.807) is 16.8 Å².